The maximum absolute atomic E-state index is 6.14. The van der Waals surface area contributed by atoms with Crippen LogP contribution in [-0.4, -0.2) is 24.0 Å². The van der Waals surface area contributed by atoms with Crippen LogP contribution in [0.1, 0.15) is 71.8 Å². The summed E-state index contributed by atoms with van der Waals surface area (Å²) in [4.78, 5) is 2.62. The Morgan fingerprint density at radius 1 is 1.04 bits per heavy atom. The number of nitrogens with one attached hydrogen (secondary N) is 1. The van der Waals surface area contributed by atoms with E-state index in [1.54, 1.807) is 0 Å². The van der Waals surface area contributed by atoms with E-state index < -0.39 is 0 Å². The van der Waals surface area contributed by atoms with E-state index >= 15 is 0 Å². The van der Waals surface area contributed by atoms with Gasteiger partial charge in [0.2, 0.25) is 0 Å². The zero-order chi connectivity index (χ0) is 17.6. The van der Waals surface area contributed by atoms with Gasteiger partial charge >= 0.3 is 0 Å². The Balaban J connectivity index is 2.26. The molecule has 0 saturated heterocycles. The van der Waals surface area contributed by atoms with Crippen molar-refractivity contribution in [1.29, 1.82) is 0 Å². The van der Waals surface area contributed by atoms with Crippen LogP contribution in [0.15, 0.2) is 24.3 Å². The molecule has 1 aliphatic carbocycles. The Kier molecular flexibility index (Phi) is 7.59. The van der Waals surface area contributed by atoms with Crippen molar-refractivity contribution < 1.29 is 0 Å². The summed E-state index contributed by atoms with van der Waals surface area (Å²) in [6, 6.07) is 9.04. The molecule has 1 unspecified atom stereocenters. The standard InChI is InChI=1S/C21H35ClN2/c1-5-15-24(16-6-2)21(4,18-9-11-19(22)12-10-18)23-20-13-7-17(3)8-14-20/h9-12,17,20,23H,5-8,13-16H2,1-4H3. The minimum absolute atomic E-state index is 0.123. The second kappa shape index (κ2) is 9.22. The molecule has 1 aromatic carbocycles. The van der Waals surface area contributed by atoms with Gasteiger partial charge in [-0.25, -0.2) is 0 Å². The van der Waals surface area contributed by atoms with Crippen molar-refractivity contribution in [2.45, 2.75) is 77.9 Å². The van der Waals surface area contributed by atoms with Gasteiger partial charge in [0.15, 0.2) is 0 Å². The van der Waals surface area contributed by atoms with Crippen molar-refractivity contribution in [3.63, 3.8) is 0 Å². The number of nitrogens with zero attached hydrogens (tertiary/aromatic N) is 1. The number of benzene rings is 1. The highest BCUT2D eigenvalue weighted by Crippen LogP contribution is 2.32. The minimum Gasteiger partial charge on any atom is -0.293 e. The normalized spacial score (nSPS) is 24.1. The highest BCUT2D eigenvalue weighted by atomic mass is 35.5. The third-order valence-corrected chi connectivity index (χ3v) is 5.78. The second-order valence-electron chi connectivity index (χ2n) is 7.67. The quantitative estimate of drug-likeness (QED) is 0.596. The molecule has 1 N–H and O–H groups in total. The maximum Gasteiger partial charge on any atom is 0.0948 e. The number of rotatable bonds is 8. The first kappa shape index (κ1) is 19.8. The zero-order valence-corrected chi connectivity index (χ0v) is 16.7. The van der Waals surface area contributed by atoms with Crippen molar-refractivity contribution in [2.24, 2.45) is 5.92 Å². The van der Waals surface area contributed by atoms with Crippen LogP contribution in [0.25, 0.3) is 0 Å². The molecular formula is C21H35ClN2. The van der Waals surface area contributed by atoms with Crippen LogP contribution in [0.4, 0.5) is 0 Å². The zero-order valence-electron chi connectivity index (χ0n) is 15.9. The predicted molar refractivity (Wildman–Crippen MR) is 106 cm³/mol. The average Bonchev–Trinajstić information content (AvgIpc) is 2.57. The summed E-state index contributed by atoms with van der Waals surface area (Å²) in [6.07, 6.45) is 7.61. The van der Waals surface area contributed by atoms with E-state index in [1.807, 2.05) is 12.1 Å². The summed E-state index contributed by atoms with van der Waals surface area (Å²) in [6.45, 7) is 11.5. The van der Waals surface area contributed by atoms with Crippen LogP contribution >= 0.6 is 11.6 Å². The summed E-state index contributed by atoms with van der Waals surface area (Å²) < 4.78 is 0. The predicted octanol–water partition coefficient (Wildman–Crippen LogP) is 5.80. The van der Waals surface area contributed by atoms with E-state index in [1.165, 1.54) is 44.1 Å². The molecule has 1 aliphatic rings. The summed E-state index contributed by atoms with van der Waals surface area (Å²) in [5.41, 5.74) is 1.20. The van der Waals surface area contributed by atoms with Crippen LogP contribution in [0.3, 0.4) is 0 Å². The monoisotopic (exact) mass is 350 g/mol. The highest BCUT2D eigenvalue weighted by Gasteiger charge is 2.35. The van der Waals surface area contributed by atoms with Crippen molar-refractivity contribution in [3.05, 3.63) is 34.9 Å². The lowest BCUT2D eigenvalue weighted by Gasteiger charge is -2.46. The van der Waals surface area contributed by atoms with Crippen LogP contribution in [0.5, 0.6) is 0 Å². The van der Waals surface area contributed by atoms with Crippen molar-refractivity contribution in [3.8, 4) is 0 Å². The van der Waals surface area contributed by atoms with E-state index in [0.29, 0.717) is 6.04 Å². The fraction of sp³-hybridized carbons (Fsp3) is 0.714. The largest absolute Gasteiger partial charge is 0.293 e. The van der Waals surface area contributed by atoms with E-state index in [9.17, 15) is 0 Å². The smallest absolute Gasteiger partial charge is 0.0948 e. The molecule has 2 nitrogen and oxygen atoms in total. The van der Waals surface area contributed by atoms with E-state index in [4.69, 9.17) is 11.6 Å². The van der Waals surface area contributed by atoms with Gasteiger partial charge in [-0.05, 0) is 82.2 Å². The van der Waals surface area contributed by atoms with Gasteiger partial charge in [-0.15, -0.1) is 0 Å². The first-order chi connectivity index (χ1) is 11.5. The molecule has 1 fully saturated rings. The molecule has 2 rings (SSSR count). The molecule has 3 heteroatoms. The Morgan fingerprint density at radius 2 is 1.58 bits per heavy atom. The molecule has 1 saturated carbocycles. The molecule has 0 spiro atoms. The van der Waals surface area contributed by atoms with Crippen molar-refractivity contribution in [1.82, 2.24) is 10.2 Å². The molecule has 0 aliphatic heterocycles. The molecule has 0 radical (unpaired) electrons. The van der Waals surface area contributed by atoms with Gasteiger partial charge in [-0.1, -0.05) is 44.5 Å². The van der Waals surface area contributed by atoms with E-state index in [-0.39, 0.29) is 5.66 Å². The summed E-state index contributed by atoms with van der Waals surface area (Å²) >= 11 is 6.14. The van der Waals surface area contributed by atoms with E-state index in [2.05, 4.69) is 50.0 Å². The minimum atomic E-state index is -0.123. The number of halogens is 1. The fourth-order valence-corrected chi connectivity index (χ4v) is 4.16. The molecule has 136 valence electrons. The number of hydrogen-bond donors (Lipinski definition) is 1. The third kappa shape index (κ3) is 4.97. The van der Waals surface area contributed by atoms with Crippen LogP contribution in [-0.2, 0) is 5.66 Å². The molecule has 0 amide bonds. The molecule has 1 atom stereocenters. The van der Waals surface area contributed by atoms with E-state index in [0.717, 1.165) is 24.0 Å². The Labute approximate surface area is 154 Å². The van der Waals surface area contributed by atoms with Gasteiger partial charge in [-0.3, -0.25) is 10.2 Å². The number of hydrogen-bond acceptors (Lipinski definition) is 2. The Morgan fingerprint density at radius 3 is 2.08 bits per heavy atom. The molecular weight excluding hydrogens is 316 g/mol. The lowest BCUT2D eigenvalue weighted by molar-refractivity contribution is 0.0467. The molecule has 1 aromatic rings. The van der Waals surface area contributed by atoms with Gasteiger partial charge < -0.3 is 0 Å². The SMILES string of the molecule is CCCN(CCC)C(C)(NC1CCC(C)CC1)c1ccc(Cl)cc1. The molecule has 0 aromatic heterocycles. The topological polar surface area (TPSA) is 15.3 Å². The third-order valence-electron chi connectivity index (χ3n) is 5.53. The first-order valence-electron chi connectivity index (χ1n) is 9.78. The summed E-state index contributed by atoms with van der Waals surface area (Å²) in [7, 11) is 0. The van der Waals surface area contributed by atoms with Crippen molar-refractivity contribution in [2.75, 3.05) is 13.1 Å². The van der Waals surface area contributed by atoms with Crippen molar-refractivity contribution >= 4 is 11.6 Å². The second-order valence-corrected chi connectivity index (χ2v) is 8.10. The lowest BCUT2D eigenvalue weighted by Crippen LogP contribution is -2.58. The van der Waals surface area contributed by atoms with Crippen LogP contribution < -0.4 is 5.32 Å². The van der Waals surface area contributed by atoms with Gasteiger partial charge in [-0.2, -0.15) is 0 Å². The lowest BCUT2D eigenvalue weighted by atomic mass is 9.85. The Bertz CT molecular complexity index is 473. The molecule has 24 heavy (non-hydrogen) atoms. The first-order valence-corrected chi connectivity index (χ1v) is 10.2. The van der Waals surface area contributed by atoms with Gasteiger partial charge in [0, 0.05) is 11.1 Å². The Hall–Kier alpha value is -0.570. The average molecular weight is 351 g/mol. The van der Waals surface area contributed by atoms with Crippen LogP contribution in [0, 0.1) is 5.92 Å². The van der Waals surface area contributed by atoms with Gasteiger partial charge in [0.1, 0.15) is 0 Å². The van der Waals surface area contributed by atoms with Gasteiger partial charge in [0.05, 0.1) is 5.66 Å². The molecule has 0 heterocycles. The highest BCUT2D eigenvalue weighted by molar-refractivity contribution is 6.30. The fourth-order valence-electron chi connectivity index (χ4n) is 4.03. The maximum atomic E-state index is 6.14. The van der Waals surface area contributed by atoms with Gasteiger partial charge in [0.25, 0.3) is 0 Å². The summed E-state index contributed by atoms with van der Waals surface area (Å²) in [5, 5.41) is 4.85. The summed E-state index contributed by atoms with van der Waals surface area (Å²) in [5.74, 6) is 0.882. The van der Waals surface area contributed by atoms with Crippen LogP contribution in [0.2, 0.25) is 5.02 Å². The molecule has 0 bridgehead atoms.